The average molecular weight is 286 g/mol. The molecule has 1 heterocycles. The molecule has 0 aromatic heterocycles. The zero-order chi connectivity index (χ0) is 15.2. The molecule has 0 saturated carbocycles. The average Bonchev–Trinajstić information content (AvgIpc) is 2.44. The topological polar surface area (TPSA) is 78.9 Å². The summed E-state index contributed by atoms with van der Waals surface area (Å²) >= 11 is 0. The van der Waals surface area contributed by atoms with E-state index in [-0.39, 0.29) is 18.7 Å². The Morgan fingerprint density at radius 1 is 1.45 bits per heavy atom. The lowest BCUT2D eigenvalue weighted by Crippen LogP contribution is -2.50. The largest absolute Gasteiger partial charge is 0.481 e. The fraction of sp³-hybridized carbons (Fsp3) is 0.857. The summed E-state index contributed by atoms with van der Waals surface area (Å²) in [4.78, 5) is 25.0. The van der Waals surface area contributed by atoms with Crippen LogP contribution in [0.3, 0.4) is 0 Å². The highest BCUT2D eigenvalue weighted by molar-refractivity contribution is 5.78. The van der Waals surface area contributed by atoms with E-state index in [4.69, 9.17) is 4.74 Å². The van der Waals surface area contributed by atoms with Crippen molar-refractivity contribution in [2.75, 3.05) is 26.2 Å². The van der Waals surface area contributed by atoms with Gasteiger partial charge in [-0.05, 0) is 33.1 Å². The van der Waals surface area contributed by atoms with Gasteiger partial charge in [0.2, 0.25) is 0 Å². The number of piperidine rings is 1. The molecule has 2 unspecified atom stereocenters. The highest BCUT2D eigenvalue weighted by Crippen LogP contribution is 2.20. The van der Waals surface area contributed by atoms with Gasteiger partial charge in [0.15, 0.2) is 0 Å². The molecule has 0 aliphatic carbocycles. The van der Waals surface area contributed by atoms with Crippen LogP contribution in [0, 0.1) is 5.41 Å². The molecule has 2 atom stereocenters. The highest BCUT2D eigenvalue weighted by Gasteiger charge is 2.32. The first-order valence-corrected chi connectivity index (χ1v) is 7.30. The first-order valence-electron chi connectivity index (χ1n) is 7.30. The second-order valence-electron chi connectivity index (χ2n) is 5.54. The third kappa shape index (κ3) is 4.37. The minimum absolute atomic E-state index is 0.0940. The van der Waals surface area contributed by atoms with E-state index in [1.165, 1.54) is 0 Å². The summed E-state index contributed by atoms with van der Waals surface area (Å²) in [6.07, 6.45) is 2.46. The Hall–Kier alpha value is -1.30. The van der Waals surface area contributed by atoms with E-state index >= 15 is 0 Å². The quantitative estimate of drug-likeness (QED) is 0.779. The van der Waals surface area contributed by atoms with E-state index in [9.17, 15) is 14.7 Å². The summed E-state index contributed by atoms with van der Waals surface area (Å²) in [6.45, 7) is 7.47. The number of likely N-dealkylation sites (tertiary alicyclic amines) is 1. The molecule has 6 heteroatoms. The molecule has 0 spiro atoms. The predicted molar refractivity (Wildman–Crippen MR) is 75.7 cm³/mol. The molecule has 20 heavy (non-hydrogen) atoms. The lowest BCUT2D eigenvalue weighted by molar-refractivity contribution is -0.147. The molecule has 2 amide bonds. The number of carbonyl (C=O) groups excluding carboxylic acids is 1. The zero-order valence-corrected chi connectivity index (χ0v) is 12.6. The predicted octanol–water partition coefficient (Wildman–Crippen LogP) is 1.70. The zero-order valence-electron chi connectivity index (χ0n) is 12.6. The van der Waals surface area contributed by atoms with Crippen LogP contribution in [-0.4, -0.2) is 54.4 Å². The van der Waals surface area contributed by atoms with Crippen LogP contribution < -0.4 is 5.32 Å². The summed E-state index contributed by atoms with van der Waals surface area (Å²) in [6, 6.07) is -0.199. The van der Waals surface area contributed by atoms with Crippen molar-refractivity contribution in [1.82, 2.24) is 10.2 Å². The minimum atomic E-state index is -0.912. The molecular formula is C14H26N2O4. The fourth-order valence-electron chi connectivity index (χ4n) is 2.23. The molecule has 0 bridgehead atoms. The number of nitrogens with one attached hydrogen (secondary N) is 1. The van der Waals surface area contributed by atoms with Crippen LogP contribution in [0.5, 0.6) is 0 Å². The number of nitrogens with zero attached hydrogens (tertiary/aromatic N) is 1. The number of amides is 2. The van der Waals surface area contributed by atoms with Crippen molar-refractivity contribution < 1.29 is 19.4 Å². The molecule has 2 N–H and O–H groups in total. The number of hydrogen-bond donors (Lipinski definition) is 2. The van der Waals surface area contributed by atoms with E-state index < -0.39 is 11.4 Å². The molecule has 0 aromatic carbocycles. The first-order chi connectivity index (χ1) is 9.42. The van der Waals surface area contributed by atoms with Crippen LogP contribution in [0.1, 0.15) is 40.0 Å². The molecule has 0 radical (unpaired) electrons. The highest BCUT2D eigenvalue weighted by atomic mass is 16.5. The summed E-state index contributed by atoms with van der Waals surface area (Å²) in [5.41, 5.74) is -0.912. The molecule has 1 aliphatic rings. The second kappa shape index (κ2) is 7.47. The van der Waals surface area contributed by atoms with Crippen LogP contribution in [0.2, 0.25) is 0 Å². The van der Waals surface area contributed by atoms with E-state index in [0.29, 0.717) is 26.1 Å². The third-order valence-electron chi connectivity index (χ3n) is 3.99. The number of urea groups is 1. The number of carboxylic acid groups (broad SMARTS) is 1. The van der Waals surface area contributed by atoms with Crippen LogP contribution >= 0.6 is 0 Å². The van der Waals surface area contributed by atoms with Crippen molar-refractivity contribution >= 4 is 12.0 Å². The van der Waals surface area contributed by atoms with Crippen molar-refractivity contribution in [1.29, 1.82) is 0 Å². The molecule has 116 valence electrons. The van der Waals surface area contributed by atoms with Gasteiger partial charge in [0.1, 0.15) is 0 Å². The maximum Gasteiger partial charge on any atom is 0.317 e. The smallest absolute Gasteiger partial charge is 0.317 e. The number of carbonyl (C=O) groups is 2. The minimum Gasteiger partial charge on any atom is -0.481 e. The lowest BCUT2D eigenvalue weighted by atomic mass is 9.88. The number of aliphatic carboxylic acids is 1. The van der Waals surface area contributed by atoms with Crippen molar-refractivity contribution in [3.05, 3.63) is 0 Å². The van der Waals surface area contributed by atoms with Gasteiger partial charge in [0.25, 0.3) is 0 Å². The van der Waals surface area contributed by atoms with Gasteiger partial charge >= 0.3 is 12.0 Å². The fourth-order valence-corrected chi connectivity index (χ4v) is 2.23. The summed E-state index contributed by atoms with van der Waals surface area (Å²) < 4.78 is 5.55. The van der Waals surface area contributed by atoms with Gasteiger partial charge in [-0.25, -0.2) is 4.79 Å². The van der Waals surface area contributed by atoms with Gasteiger partial charge in [0.05, 0.1) is 11.5 Å². The van der Waals surface area contributed by atoms with Crippen LogP contribution in [0.15, 0.2) is 0 Å². The Morgan fingerprint density at radius 3 is 2.70 bits per heavy atom. The monoisotopic (exact) mass is 286 g/mol. The van der Waals surface area contributed by atoms with Crippen LogP contribution in [0.25, 0.3) is 0 Å². The van der Waals surface area contributed by atoms with Crippen LogP contribution in [-0.2, 0) is 9.53 Å². The van der Waals surface area contributed by atoms with Gasteiger partial charge in [0, 0.05) is 26.2 Å². The third-order valence-corrected chi connectivity index (χ3v) is 3.99. The molecular weight excluding hydrogens is 260 g/mol. The number of hydrogen-bond acceptors (Lipinski definition) is 3. The molecule has 1 fully saturated rings. The van der Waals surface area contributed by atoms with E-state index in [1.807, 2.05) is 13.8 Å². The Balaban J connectivity index is 2.48. The second-order valence-corrected chi connectivity index (χ2v) is 5.54. The Kier molecular flexibility index (Phi) is 6.26. The summed E-state index contributed by atoms with van der Waals surface area (Å²) in [7, 11) is 0. The van der Waals surface area contributed by atoms with Crippen molar-refractivity contribution in [2.45, 2.75) is 46.1 Å². The van der Waals surface area contributed by atoms with Crippen molar-refractivity contribution in [3.8, 4) is 0 Å². The molecule has 0 aromatic rings. The molecule has 6 nitrogen and oxygen atoms in total. The lowest BCUT2D eigenvalue weighted by Gasteiger charge is -2.33. The molecule has 1 saturated heterocycles. The molecule has 1 aliphatic heterocycles. The number of ether oxygens (including phenoxy) is 1. The first kappa shape index (κ1) is 16.8. The van der Waals surface area contributed by atoms with Gasteiger partial charge in [-0.15, -0.1) is 0 Å². The Morgan fingerprint density at radius 2 is 2.15 bits per heavy atom. The normalized spacial score (nSPS) is 22.1. The van der Waals surface area contributed by atoms with Gasteiger partial charge in [-0.3, -0.25) is 4.79 Å². The summed E-state index contributed by atoms with van der Waals surface area (Å²) in [5, 5.41) is 11.9. The van der Waals surface area contributed by atoms with Gasteiger partial charge < -0.3 is 20.1 Å². The SMILES string of the molecule is CCOC1CCCN(C(=O)NCC(C)(CC)C(=O)O)C1. The number of carboxylic acids is 1. The maximum atomic E-state index is 12.1. The standard InChI is InChI=1S/C14H26N2O4/c1-4-14(3,12(17)18)10-15-13(19)16-8-6-7-11(9-16)20-5-2/h11H,4-10H2,1-3H3,(H,15,19)(H,17,18). The van der Waals surface area contributed by atoms with E-state index in [2.05, 4.69) is 5.32 Å². The Labute approximate surface area is 120 Å². The maximum absolute atomic E-state index is 12.1. The molecule has 1 rings (SSSR count). The summed E-state index contributed by atoms with van der Waals surface area (Å²) in [5.74, 6) is -0.883. The van der Waals surface area contributed by atoms with E-state index in [0.717, 1.165) is 12.8 Å². The van der Waals surface area contributed by atoms with E-state index in [1.54, 1.807) is 11.8 Å². The van der Waals surface area contributed by atoms with Crippen LogP contribution in [0.4, 0.5) is 4.79 Å². The Bertz CT molecular complexity index is 346. The number of rotatable bonds is 6. The van der Waals surface area contributed by atoms with Gasteiger partial charge in [-0.1, -0.05) is 6.92 Å². The van der Waals surface area contributed by atoms with Crippen molar-refractivity contribution in [3.63, 3.8) is 0 Å². The van der Waals surface area contributed by atoms with Gasteiger partial charge in [-0.2, -0.15) is 0 Å². The van der Waals surface area contributed by atoms with Crippen molar-refractivity contribution in [2.24, 2.45) is 5.41 Å².